The molecule has 0 aliphatic heterocycles. The average Bonchev–Trinajstić information content (AvgIpc) is 3.50. The van der Waals surface area contributed by atoms with E-state index in [1.54, 1.807) is 0 Å². The van der Waals surface area contributed by atoms with Crippen molar-refractivity contribution < 1.29 is 0 Å². The van der Waals surface area contributed by atoms with Gasteiger partial charge in [-0.15, -0.1) is 0 Å². The van der Waals surface area contributed by atoms with Gasteiger partial charge in [0.05, 0.1) is 11.4 Å². The molecule has 0 radical (unpaired) electrons. The SMILES string of the molecule is CC1(C)c2cc3ccccc3cc2-c2c(-c3cc(-c4ccc(-c5ccccc5-c5cccc6ccccc56)c5ccccc45)nc(-c4ccccc4)n3)cccc21. The Morgan fingerprint density at radius 2 is 0.842 bits per heavy atom. The molecule has 11 rings (SSSR count). The maximum absolute atomic E-state index is 5.36. The summed E-state index contributed by atoms with van der Waals surface area (Å²) in [7, 11) is 0. The van der Waals surface area contributed by atoms with E-state index in [9.17, 15) is 0 Å². The first-order valence-corrected chi connectivity index (χ1v) is 19.7. The second kappa shape index (κ2) is 13.0. The van der Waals surface area contributed by atoms with Gasteiger partial charge in [0.15, 0.2) is 5.82 Å². The average molecular weight is 727 g/mol. The molecule has 9 aromatic carbocycles. The molecule has 1 heterocycles. The summed E-state index contributed by atoms with van der Waals surface area (Å²) < 4.78 is 0. The lowest BCUT2D eigenvalue weighted by Crippen LogP contribution is -2.14. The summed E-state index contributed by atoms with van der Waals surface area (Å²) in [5, 5.41) is 7.35. The van der Waals surface area contributed by atoms with Gasteiger partial charge < -0.3 is 0 Å². The van der Waals surface area contributed by atoms with Crippen LogP contribution in [0.4, 0.5) is 0 Å². The fourth-order valence-corrected chi connectivity index (χ4v) is 9.30. The van der Waals surface area contributed by atoms with Crippen molar-refractivity contribution >= 4 is 32.3 Å². The van der Waals surface area contributed by atoms with Crippen molar-refractivity contribution in [3.05, 3.63) is 205 Å². The van der Waals surface area contributed by atoms with E-state index in [-0.39, 0.29) is 5.41 Å². The molecule has 268 valence electrons. The van der Waals surface area contributed by atoms with Crippen molar-refractivity contribution in [2.24, 2.45) is 0 Å². The molecule has 57 heavy (non-hydrogen) atoms. The van der Waals surface area contributed by atoms with E-state index in [1.165, 1.54) is 71.4 Å². The molecule has 2 heteroatoms. The molecule has 0 N–H and O–H groups in total. The van der Waals surface area contributed by atoms with Gasteiger partial charge in [0.25, 0.3) is 0 Å². The lowest BCUT2D eigenvalue weighted by atomic mass is 9.81. The quantitative estimate of drug-likeness (QED) is 0.176. The maximum Gasteiger partial charge on any atom is 0.160 e. The first-order valence-electron chi connectivity index (χ1n) is 19.7. The third-order valence-electron chi connectivity index (χ3n) is 12.1. The van der Waals surface area contributed by atoms with E-state index in [0.717, 1.165) is 33.5 Å². The van der Waals surface area contributed by atoms with Crippen LogP contribution in [0.1, 0.15) is 25.0 Å². The van der Waals surface area contributed by atoms with Gasteiger partial charge >= 0.3 is 0 Å². The minimum absolute atomic E-state index is 0.156. The second-order valence-electron chi connectivity index (χ2n) is 15.7. The van der Waals surface area contributed by atoms with Crippen molar-refractivity contribution in [3.8, 4) is 67.3 Å². The molecule has 0 bridgehead atoms. The first-order chi connectivity index (χ1) is 28.0. The number of benzene rings is 9. The third kappa shape index (κ3) is 5.33. The van der Waals surface area contributed by atoms with Crippen molar-refractivity contribution in [2.45, 2.75) is 19.3 Å². The van der Waals surface area contributed by atoms with Crippen LogP contribution in [0.3, 0.4) is 0 Å². The van der Waals surface area contributed by atoms with Crippen LogP contribution in [0.15, 0.2) is 194 Å². The minimum Gasteiger partial charge on any atom is -0.228 e. The Kier molecular flexibility index (Phi) is 7.55. The summed E-state index contributed by atoms with van der Waals surface area (Å²) in [5.41, 5.74) is 14.9. The molecule has 0 amide bonds. The van der Waals surface area contributed by atoms with Crippen LogP contribution in [0.25, 0.3) is 99.6 Å². The Bertz CT molecular complexity index is 3210. The lowest BCUT2D eigenvalue weighted by molar-refractivity contribution is 0.661. The van der Waals surface area contributed by atoms with E-state index in [4.69, 9.17) is 9.97 Å². The Labute approximate surface area is 332 Å². The van der Waals surface area contributed by atoms with Crippen molar-refractivity contribution in [1.82, 2.24) is 9.97 Å². The Morgan fingerprint density at radius 3 is 1.60 bits per heavy atom. The van der Waals surface area contributed by atoms with Gasteiger partial charge in [0.2, 0.25) is 0 Å². The molecule has 1 aliphatic rings. The van der Waals surface area contributed by atoms with Crippen LogP contribution < -0.4 is 0 Å². The third-order valence-corrected chi connectivity index (χ3v) is 12.1. The van der Waals surface area contributed by atoms with Gasteiger partial charge in [-0.1, -0.05) is 190 Å². The van der Waals surface area contributed by atoms with E-state index >= 15 is 0 Å². The molecule has 0 unspecified atom stereocenters. The van der Waals surface area contributed by atoms with Crippen molar-refractivity contribution in [3.63, 3.8) is 0 Å². The zero-order valence-electron chi connectivity index (χ0n) is 31.9. The number of nitrogens with zero attached hydrogens (tertiary/aromatic N) is 2. The largest absolute Gasteiger partial charge is 0.228 e. The first kappa shape index (κ1) is 33.2. The monoisotopic (exact) mass is 726 g/mol. The summed E-state index contributed by atoms with van der Waals surface area (Å²) in [6.45, 7) is 4.70. The molecule has 2 nitrogen and oxygen atoms in total. The summed E-state index contributed by atoms with van der Waals surface area (Å²) in [6.07, 6.45) is 0. The molecule has 0 spiro atoms. The molecular weight excluding hydrogens is 689 g/mol. The van der Waals surface area contributed by atoms with Crippen LogP contribution in [0.5, 0.6) is 0 Å². The molecule has 0 saturated heterocycles. The topological polar surface area (TPSA) is 25.8 Å². The van der Waals surface area contributed by atoms with Crippen molar-refractivity contribution in [1.29, 1.82) is 0 Å². The molecule has 0 atom stereocenters. The standard InChI is InChI=1S/C55H38N2/c1-55(2)49-29-15-28-47(53(49)48-32-37-19-6-7-20-38(37)33-50(48)55)52-34-51(56-54(57-52)36-17-4-3-5-18-36)46-31-30-45(43-25-12-13-26-44(43)46)42-24-11-10-23-41(42)40-27-14-21-35-16-8-9-22-39(35)40/h3-34H,1-2H3. The zero-order chi connectivity index (χ0) is 38.1. The Balaban J connectivity index is 1.13. The molecular formula is C55H38N2. The van der Waals surface area contributed by atoms with E-state index in [0.29, 0.717) is 5.82 Å². The summed E-state index contributed by atoms with van der Waals surface area (Å²) in [5.74, 6) is 0.714. The van der Waals surface area contributed by atoms with Crippen LogP contribution in [0.2, 0.25) is 0 Å². The Morgan fingerprint density at radius 1 is 0.333 bits per heavy atom. The predicted octanol–water partition coefficient (Wildman–Crippen LogP) is 14.6. The summed E-state index contributed by atoms with van der Waals surface area (Å²) >= 11 is 0. The number of hydrogen-bond donors (Lipinski definition) is 0. The maximum atomic E-state index is 5.36. The second-order valence-corrected chi connectivity index (χ2v) is 15.7. The Hall–Kier alpha value is -7.16. The van der Waals surface area contributed by atoms with Gasteiger partial charge in [-0.2, -0.15) is 0 Å². The minimum atomic E-state index is -0.156. The molecule has 0 saturated carbocycles. The van der Waals surface area contributed by atoms with Crippen LogP contribution in [0, 0.1) is 0 Å². The van der Waals surface area contributed by atoms with Gasteiger partial charge in [-0.25, -0.2) is 9.97 Å². The lowest BCUT2D eigenvalue weighted by Gasteiger charge is -2.22. The summed E-state index contributed by atoms with van der Waals surface area (Å²) in [6, 6.07) is 70.2. The number of rotatable bonds is 5. The van der Waals surface area contributed by atoms with Gasteiger partial charge in [-0.3, -0.25) is 0 Å². The predicted molar refractivity (Wildman–Crippen MR) is 239 cm³/mol. The number of hydrogen-bond acceptors (Lipinski definition) is 2. The zero-order valence-corrected chi connectivity index (χ0v) is 31.9. The van der Waals surface area contributed by atoms with E-state index < -0.39 is 0 Å². The van der Waals surface area contributed by atoms with Gasteiger partial charge in [0, 0.05) is 22.1 Å². The van der Waals surface area contributed by atoms with Gasteiger partial charge in [-0.05, 0) is 95.0 Å². The van der Waals surface area contributed by atoms with E-state index in [2.05, 4.69) is 202 Å². The smallest absolute Gasteiger partial charge is 0.160 e. The highest BCUT2D eigenvalue weighted by molar-refractivity contribution is 6.09. The normalized spacial score (nSPS) is 12.9. The molecule has 1 aliphatic carbocycles. The highest BCUT2D eigenvalue weighted by Crippen LogP contribution is 2.53. The highest BCUT2D eigenvalue weighted by Gasteiger charge is 2.37. The summed E-state index contributed by atoms with van der Waals surface area (Å²) in [4.78, 5) is 10.7. The van der Waals surface area contributed by atoms with Crippen molar-refractivity contribution in [2.75, 3.05) is 0 Å². The molecule has 0 fully saturated rings. The van der Waals surface area contributed by atoms with E-state index in [1.807, 2.05) is 6.07 Å². The van der Waals surface area contributed by atoms with Crippen LogP contribution in [-0.2, 0) is 5.41 Å². The number of fused-ring (bicyclic) bond motifs is 6. The van der Waals surface area contributed by atoms with Crippen LogP contribution >= 0.6 is 0 Å². The van der Waals surface area contributed by atoms with Crippen LogP contribution in [-0.4, -0.2) is 9.97 Å². The molecule has 1 aromatic heterocycles. The fourth-order valence-electron chi connectivity index (χ4n) is 9.30. The number of aromatic nitrogens is 2. The fraction of sp³-hybridized carbons (Fsp3) is 0.0545. The van der Waals surface area contributed by atoms with Gasteiger partial charge in [0.1, 0.15) is 0 Å². The highest BCUT2D eigenvalue weighted by atomic mass is 14.9. The molecule has 10 aromatic rings.